The molecule has 2 rings (SSSR count). The Hall–Kier alpha value is -2.50. The van der Waals surface area contributed by atoms with Gasteiger partial charge in [-0.2, -0.15) is 5.10 Å². The van der Waals surface area contributed by atoms with Crippen LogP contribution in [0.5, 0.6) is 11.5 Å². The summed E-state index contributed by atoms with van der Waals surface area (Å²) in [6, 6.07) is 4.40. The van der Waals surface area contributed by atoms with Crippen molar-refractivity contribution in [2.24, 2.45) is 7.05 Å². The summed E-state index contributed by atoms with van der Waals surface area (Å²) in [5, 5.41) is 16.1. The van der Waals surface area contributed by atoms with Crippen LogP contribution in [0.25, 0.3) is 0 Å². The zero-order valence-corrected chi connectivity index (χ0v) is 10.0. The maximum Gasteiger partial charge on any atom is 0.255 e. The Bertz CT molecular complexity index is 578. The number of benzene rings is 1. The Balaban J connectivity index is 2.18. The van der Waals surface area contributed by atoms with Gasteiger partial charge in [-0.25, -0.2) is 0 Å². The molecule has 2 N–H and O–H groups in total. The Morgan fingerprint density at radius 2 is 2.28 bits per heavy atom. The number of anilines is 1. The van der Waals surface area contributed by atoms with E-state index in [0.29, 0.717) is 11.3 Å². The predicted octanol–water partition coefficient (Wildman–Crippen LogP) is 1.39. The molecule has 0 atom stereocenters. The molecule has 0 saturated heterocycles. The molecule has 2 aromatic rings. The topological polar surface area (TPSA) is 76.4 Å². The zero-order valence-electron chi connectivity index (χ0n) is 10.0. The lowest BCUT2D eigenvalue weighted by molar-refractivity contribution is 0.102. The third kappa shape index (κ3) is 2.42. The van der Waals surface area contributed by atoms with Gasteiger partial charge in [-0.3, -0.25) is 9.48 Å². The van der Waals surface area contributed by atoms with Crippen molar-refractivity contribution in [1.82, 2.24) is 9.78 Å². The second-order valence-corrected chi connectivity index (χ2v) is 3.74. The van der Waals surface area contributed by atoms with Crippen LogP contribution in [0, 0.1) is 0 Å². The number of carbonyl (C=O) groups is 1. The minimum atomic E-state index is -0.290. The number of hydrogen-bond donors (Lipinski definition) is 2. The monoisotopic (exact) mass is 247 g/mol. The number of aryl methyl sites for hydroxylation is 1. The van der Waals surface area contributed by atoms with E-state index in [1.165, 1.54) is 25.3 Å². The van der Waals surface area contributed by atoms with Crippen molar-refractivity contribution < 1.29 is 14.6 Å². The number of nitrogens with zero attached hydrogens (tertiary/aromatic N) is 2. The Morgan fingerprint density at radius 1 is 1.50 bits per heavy atom. The van der Waals surface area contributed by atoms with Gasteiger partial charge in [0.15, 0.2) is 11.5 Å². The number of amides is 1. The molecule has 1 amide bonds. The number of carbonyl (C=O) groups excluding carboxylic acids is 1. The smallest absolute Gasteiger partial charge is 0.255 e. The first-order valence-electron chi connectivity index (χ1n) is 5.27. The highest BCUT2D eigenvalue weighted by molar-refractivity contribution is 6.04. The molecule has 1 aromatic heterocycles. The van der Waals surface area contributed by atoms with E-state index in [0.717, 1.165) is 0 Å². The lowest BCUT2D eigenvalue weighted by Gasteiger charge is -2.06. The third-order valence-corrected chi connectivity index (χ3v) is 2.40. The lowest BCUT2D eigenvalue weighted by atomic mass is 10.2. The summed E-state index contributed by atoms with van der Waals surface area (Å²) in [6.07, 6.45) is 3.24. The molecule has 0 unspecified atom stereocenters. The van der Waals surface area contributed by atoms with Crippen molar-refractivity contribution in [1.29, 1.82) is 0 Å². The summed E-state index contributed by atoms with van der Waals surface area (Å²) in [5.41, 5.74) is 1.00. The van der Waals surface area contributed by atoms with Gasteiger partial charge < -0.3 is 15.2 Å². The van der Waals surface area contributed by atoms with Crippen molar-refractivity contribution in [3.63, 3.8) is 0 Å². The second-order valence-electron chi connectivity index (χ2n) is 3.74. The fourth-order valence-electron chi connectivity index (χ4n) is 1.51. The summed E-state index contributed by atoms with van der Waals surface area (Å²) in [4.78, 5) is 11.9. The molecule has 0 aliphatic heterocycles. The van der Waals surface area contributed by atoms with Gasteiger partial charge in [0.05, 0.1) is 19.0 Å². The SMILES string of the molecule is COc1cc(C(=O)Nc2cnn(C)c2)ccc1O. The minimum absolute atomic E-state index is 0.00423. The van der Waals surface area contributed by atoms with Crippen LogP contribution in [-0.4, -0.2) is 27.9 Å². The molecule has 0 fully saturated rings. The average molecular weight is 247 g/mol. The largest absolute Gasteiger partial charge is 0.504 e. The van der Waals surface area contributed by atoms with E-state index in [-0.39, 0.29) is 17.4 Å². The van der Waals surface area contributed by atoms with Crippen LogP contribution in [-0.2, 0) is 7.05 Å². The van der Waals surface area contributed by atoms with Crippen molar-refractivity contribution in [2.45, 2.75) is 0 Å². The highest BCUT2D eigenvalue weighted by Gasteiger charge is 2.10. The molecule has 0 radical (unpaired) electrons. The van der Waals surface area contributed by atoms with Crippen LogP contribution < -0.4 is 10.1 Å². The number of phenols is 1. The number of aromatic hydroxyl groups is 1. The van der Waals surface area contributed by atoms with Gasteiger partial charge in [0.25, 0.3) is 5.91 Å². The molecule has 18 heavy (non-hydrogen) atoms. The van der Waals surface area contributed by atoms with E-state index in [1.807, 2.05) is 0 Å². The first-order valence-corrected chi connectivity index (χ1v) is 5.27. The quantitative estimate of drug-likeness (QED) is 0.859. The molecular formula is C12H13N3O3. The van der Waals surface area contributed by atoms with Gasteiger partial charge in [-0.15, -0.1) is 0 Å². The first-order chi connectivity index (χ1) is 8.60. The summed E-state index contributed by atoms with van der Waals surface area (Å²) >= 11 is 0. The summed E-state index contributed by atoms with van der Waals surface area (Å²) in [6.45, 7) is 0. The van der Waals surface area contributed by atoms with Crippen molar-refractivity contribution in [3.8, 4) is 11.5 Å². The highest BCUT2D eigenvalue weighted by atomic mass is 16.5. The maximum atomic E-state index is 11.9. The number of nitrogens with one attached hydrogen (secondary N) is 1. The second kappa shape index (κ2) is 4.79. The van der Waals surface area contributed by atoms with Gasteiger partial charge in [-0.1, -0.05) is 0 Å². The molecular weight excluding hydrogens is 234 g/mol. The Morgan fingerprint density at radius 3 is 2.89 bits per heavy atom. The first kappa shape index (κ1) is 12.0. The maximum absolute atomic E-state index is 11.9. The number of phenolic OH excluding ortho intramolecular Hbond substituents is 1. The van der Waals surface area contributed by atoms with Gasteiger partial charge in [-0.05, 0) is 18.2 Å². The van der Waals surface area contributed by atoms with E-state index in [1.54, 1.807) is 24.1 Å². The summed E-state index contributed by atoms with van der Waals surface area (Å²) in [7, 11) is 3.19. The summed E-state index contributed by atoms with van der Waals surface area (Å²) < 4.78 is 6.53. The molecule has 0 aliphatic carbocycles. The Kier molecular flexibility index (Phi) is 3.18. The molecule has 0 spiro atoms. The van der Waals surface area contributed by atoms with Crippen LogP contribution >= 0.6 is 0 Å². The lowest BCUT2D eigenvalue weighted by Crippen LogP contribution is -2.11. The van der Waals surface area contributed by atoms with Crippen molar-refractivity contribution in [3.05, 3.63) is 36.2 Å². The van der Waals surface area contributed by atoms with Crippen molar-refractivity contribution >= 4 is 11.6 Å². The van der Waals surface area contributed by atoms with Crippen LogP contribution in [0.1, 0.15) is 10.4 Å². The van der Waals surface area contributed by atoms with Crippen LogP contribution in [0.2, 0.25) is 0 Å². The molecule has 6 nitrogen and oxygen atoms in total. The minimum Gasteiger partial charge on any atom is -0.504 e. The number of ether oxygens (including phenoxy) is 1. The average Bonchev–Trinajstić information content (AvgIpc) is 2.75. The molecule has 6 heteroatoms. The number of methoxy groups -OCH3 is 1. The van der Waals surface area contributed by atoms with E-state index < -0.39 is 0 Å². The van der Waals surface area contributed by atoms with Gasteiger partial charge in [0, 0.05) is 18.8 Å². The van der Waals surface area contributed by atoms with E-state index >= 15 is 0 Å². The molecule has 94 valence electrons. The fourth-order valence-corrected chi connectivity index (χ4v) is 1.51. The highest BCUT2D eigenvalue weighted by Crippen LogP contribution is 2.26. The van der Waals surface area contributed by atoms with Crippen molar-refractivity contribution in [2.75, 3.05) is 12.4 Å². The third-order valence-electron chi connectivity index (χ3n) is 2.40. The molecule has 0 bridgehead atoms. The molecule has 1 aromatic carbocycles. The van der Waals surface area contributed by atoms with E-state index in [4.69, 9.17) is 4.74 Å². The number of hydrogen-bond acceptors (Lipinski definition) is 4. The van der Waals surface area contributed by atoms with Gasteiger partial charge in [0.2, 0.25) is 0 Å². The van der Waals surface area contributed by atoms with Gasteiger partial charge >= 0.3 is 0 Å². The Labute approximate surface area is 104 Å². The summed E-state index contributed by atoms with van der Waals surface area (Å²) in [5.74, 6) is -0.0365. The van der Waals surface area contributed by atoms with E-state index in [9.17, 15) is 9.90 Å². The van der Waals surface area contributed by atoms with Crippen LogP contribution in [0.4, 0.5) is 5.69 Å². The van der Waals surface area contributed by atoms with Crippen LogP contribution in [0.3, 0.4) is 0 Å². The predicted molar refractivity (Wildman–Crippen MR) is 65.8 cm³/mol. The molecule has 0 aliphatic rings. The number of rotatable bonds is 3. The molecule has 1 heterocycles. The van der Waals surface area contributed by atoms with Crippen LogP contribution in [0.15, 0.2) is 30.6 Å². The van der Waals surface area contributed by atoms with E-state index in [2.05, 4.69) is 10.4 Å². The zero-order chi connectivity index (χ0) is 13.1. The molecule has 0 saturated carbocycles. The number of aromatic nitrogens is 2. The van der Waals surface area contributed by atoms with Gasteiger partial charge in [0.1, 0.15) is 0 Å². The fraction of sp³-hybridized carbons (Fsp3) is 0.167. The standard InChI is InChI=1S/C12H13N3O3/c1-15-7-9(6-13-15)14-12(17)8-3-4-10(16)11(5-8)18-2/h3-7,16H,1-2H3,(H,14,17). The normalized spacial score (nSPS) is 10.1.